The zero-order valence-electron chi connectivity index (χ0n) is 8.96. The summed E-state index contributed by atoms with van der Waals surface area (Å²) in [5.41, 5.74) is 0. The molecule has 0 aromatic heterocycles. The Labute approximate surface area is 109 Å². The van der Waals surface area contributed by atoms with Gasteiger partial charge in [0, 0.05) is 16.9 Å². The Hall–Kier alpha value is -0.720. The first kappa shape index (κ1) is 14.3. The number of carbonyl (C=O) groups is 1. The van der Waals surface area contributed by atoms with Gasteiger partial charge in [-0.1, -0.05) is 0 Å². The highest BCUT2D eigenvalue weighted by molar-refractivity contribution is 7.99. The van der Waals surface area contributed by atoms with Crippen LogP contribution >= 0.6 is 23.4 Å². The molecule has 7 heteroatoms. The molecule has 0 saturated heterocycles. The number of aliphatic carboxylic acids is 1. The van der Waals surface area contributed by atoms with Crippen LogP contribution in [0.15, 0.2) is 34.1 Å². The Balaban J connectivity index is 2.67. The summed E-state index contributed by atoms with van der Waals surface area (Å²) >= 11 is 6.82. The van der Waals surface area contributed by atoms with Crippen molar-refractivity contribution in [3.63, 3.8) is 0 Å². The number of rotatable bonds is 5. The topological polar surface area (TPSA) is 71.4 Å². The van der Waals surface area contributed by atoms with Gasteiger partial charge in [-0.15, -0.1) is 23.4 Å². The highest BCUT2D eigenvalue weighted by Crippen LogP contribution is 2.22. The second kappa shape index (κ2) is 5.75. The van der Waals surface area contributed by atoms with Crippen molar-refractivity contribution in [3.05, 3.63) is 24.3 Å². The molecule has 0 radical (unpaired) electrons. The van der Waals surface area contributed by atoms with Crippen LogP contribution < -0.4 is 0 Å². The molecule has 0 spiro atoms. The fourth-order valence-corrected chi connectivity index (χ4v) is 2.65. The summed E-state index contributed by atoms with van der Waals surface area (Å²) in [6.07, 6.45) is 1.13. The van der Waals surface area contributed by atoms with Crippen molar-refractivity contribution in [1.82, 2.24) is 0 Å². The lowest BCUT2D eigenvalue weighted by Crippen LogP contribution is -2.15. The van der Waals surface area contributed by atoms with E-state index in [0.29, 0.717) is 0 Å². The summed E-state index contributed by atoms with van der Waals surface area (Å²) in [4.78, 5) is 11.5. The van der Waals surface area contributed by atoms with Crippen LogP contribution in [0.2, 0.25) is 0 Å². The summed E-state index contributed by atoms with van der Waals surface area (Å²) in [5.74, 6) is -0.832. The highest BCUT2D eigenvalue weighted by Gasteiger charge is 2.14. The van der Waals surface area contributed by atoms with Crippen molar-refractivity contribution < 1.29 is 18.3 Å². The van der Waals surface area contributed by atoms with Gasteiger partial charge in [0.1, 0.15) is 5.38 Å². The van der Waals surface area contributed by atoms with E-state index >= 15 is 0 Å². The molecule has 1 aromatic carbocycles. The number of benzene rings is 1. The lowest BCUT2D eigenvalue weighted by molar-refractivity contribution is -0.136. The van der Waals surface area contributed by atoms with Crippen LogP contribution in [-0.2, 0) is 14.6 Å². The van der Waals surface area contributed by atoms with Crippen LogP contribution in [0.1, 0.15) is 0 Å². The predicted octanol–water partition coefficient (Wildman–Crippen LogP) is 1.87. The molecule has 4 nitrogen and oxygen atoms in total. The van der Waals surface area contributed by atoms with E-state index in [1.807, 2.05) is 0 Å². The molecule has 0 bridgehead atoms. The van der Waals surface area contributed by atoms with E-state index in [0.717, 1.165) is 11.2 Å². The number of sulfone groups is 1. The molecule has 0 saturated carbocycles. The van der Waals surface area contributed by atoms with Crippen molar-refractivity contribution in [2.75, 3.05) is 12.0 Å². The summed E-state index contributed by atoms with van der Waals surface area (Å²) in [5, 5.41) is 7.64. The van der Waals surface area contributed by atoms with E-state index in [2.05, 4.69) is 0 Å². The molecule has 1 unspecified atom stereocenters. The third-order valence-corrected chi connectivity index (χ3v) is 4.67. The Kier molecular flexibility index (Phi) is 4.85. The number of carboxylic acid groups (broad SMARTS) is 1. The average Bonchev–Trinajstić information content (AvgIpc) is 2.25. The summed E-state index contributed by atoms with van der Waals surface area (Å²) < 4.78 is 22.4. The van der Waals surface area contributed by atoms with Crippen molar-refractivity contribution in [3.8, 4) is 0 Å². The van der Waals surface area contributed by atoms with Gasteiger partial charge < -0.3 is 5.11 Å². The van der Waals surface area contributed by atoms with Crippen LogP contribution in [0.25, 0.3) is 0 Å². The fraction of sp³-hybridized carbons (Fsp3) is 0.300. The molecule has 1 N–H and O–H groups in total. The van der Waals surface area contributed by atoms with E-state index < -0.39 is 21.2 Å². The molecule has 0 fully saturated rings. The monoisotopic (exact) mass is 294 g/mol. The number of hydrogen-bond acceptors (Lipinski definition) is 4. The number of hydrogen-bond donors (Lipinski definition) is 1. The molecule has 17 heavy (non-hydrogen) atoms. The second-order valence-electron chi connectivity index (χ2n) is 3.36. The van der Waals surface area contributed by atoms with Gasteiger partial charge in [0.05, 0.1) is 4.90 Å². The van der Waals surface area contributed by atoms with E-state index in [4.69, 9.17) is 16.7 Å². The van der Waals surface area contributed by atoms with Crippen LogP contribution in [0.5, 0.6) is 0 Å². The van der Waals surface area contributed by atoms with Gasteiger partial charge in [-0.25, -0.2) is 8.42 Å². The molecule has 1 rings (SSSR count). The maximum atomic E-state index is 11.2. The fourth-order valence-electron chi connectivity index (χ4n) is 1.02. The number of halogens is 1. The molecular weight excluding hydrogens is 284 g/mol. The Morgan fingerprint density at radius 2 is 1.94 bits per heavy atom. The molecule has 1 atom stereocenters. The Morgan fingerprint density at radius 3 is 2.35 bits per heavy atom. The minimum Gasteiger partial charge on any atom is -0.480 e. The third-order valence-electron chi connectivity index (χ3n) is 1.92. The van der Waals surface area contributed by atoms with Gasteiger partial charge in [0.25, 0.3) is 0 Å². The first-order valence-electron chi connectivity index (χ1n) is 4.60. The lowest BCUT2D eigenvalue weighted by Gasteiger charge is -2.04. The molecule has 94 valence electrons. The molecule has 0 heterocycles. The molecule has 1 aromatic rings. The average molecular weight is 295 g/mol. The van der Waals surface area contributed by atoms with E-state index in [1.54, 1.807) is 12.1 Å². The quantitative estimate of drug-likeness (QED) is 0.663. The van der Waals surface area contributed by atoms with Crippen LogP contribution in [0, 0.1) is 0 Å². The van der Waals surface area contributed by atoms with Gasteiger partial charge in [0.2, 0.25) is 0 Å². The maximum Gasteiger partial charge on any atom is 0.322 e. The summed E-state index contributed by atoms with van der Waals surface area (Å²) in [7, 11) is -3.19. The van der Waals surface area contributed by atoms with E-state index in [1.165, 1.54) is 23.9 Å². The molecule has 0 aliphatic heterocycles. The Bertz CT molecular complexity index is 496. The van der Waals surface area contributed by atoms with Gasteiger partial charge in [-0.2, -0.15) is 0 Å². The van der Waals surface area contributed by atoms with Crippen LogP contribution in [-0.4, -0.2) is 36.9 Å². The minimum absolute atomic E-state index is 0.231. The second-order valence-corrected chi connectivity index (χ2v) is 7.00. The van der Waals surface area contributed by atoms with Gasteiger partial charge in [0.15, 0.2) is 9.84 Å². The zero-order valence-corrected chi connectivity index (χ0v) is 11.3. The normalized spacial score (nSPS) is 13.3. The molecular formula is C10H11ClO4S2. The molecule has 0 aliphatic carbocycles. The smallest absolute Gasteiger partial charge is 0.322 e. The van der Waals surface area contributed by atoms with Crippen LogP contribution in [0.4, 0.5) is 0 Å². The molecule has 0 aliphatic rings. The van der Waals surface area contributed by atoms with Gasteiger partial charge in [-0.05, 0) is 24.3 Å². The maximum absolute atomic E-state index is 11.2. The van der Waals surface area contributed by atoms with Crippen molar-refractivity contribution >= 4 is 39.2 Å². The number of carboxylic acids is 1. The van der Waals surface area contributed by atoms with Crippen molar-refractivity contribution in [2.45, 2.75) is 15.2 Å². The highest BCUT2D eigenvalue weighted by atomic mass is 35.5. The standard InChI is InChI=1S/C10H11ClO4S2/c1-17(14,15)8-4-2-7(3-5-8)16-6-9(11)10(12)13/h2-5,9H,6H2,1H3,(H,12,13). The number of thioether (sulfide) groups is 1. The third kappa shape index (κ3) is 4.57. The van der Waals surface area contributed by atoms with Gasteiger partial charge in [-0.3, -0.25) is 4.79 Å². The lowest BCUT2D eigenvalue weighted by atomic mass is 10.4. The summed E-state index contributed by atoms with van der Waals surface area (Å²) in [6.45, 7) is 0. The minimum atomic E-state index is -3.19. The zero-order chi connectivity index (χ0) is 13.1. The van der Waals surface area contributed by atoms with Crippen LogP contribution in [0.3, 0.4) is 0 Å². The number of alkyl halides is 1. The summed E-state index contributed by atoms with van der Waals surface area (Å²) in [6, 6.07) is 6.24. The van der Waals surface area contributed by atoms with Crippen molar-refractivity contribution in [2.24, 2.45) is 0 Å². The molecule has 0 amide bonds. The van der Waals surface area contributed by atoms with E-state index in [9.17, 15) is 13.2 Å². The van der Waals surface area contributed by atoms with Gasteiger partial charge >= 0.3 is 5.97 Å². The largest absolute Gasteiger partial charge is 0.480 e. The van der Waals surface area contributed by atoms with Crippen molar-refractivity contribution in [1.29, 1.82) is 0 Å². The first-order chi connectivity index (χ1) is 7.80. The Morgan fingerprint density at radius 1 is 1.41 bits per heavy atom. The SMILES string of the molecule is CS(=O)(=O)c1ccc(SCC(Cl)C(=O)O)cc1. The predicted molar refractivity (Wildman–Crippen MR) is 67.6 cm³/mol. The first-order valence-corrected chi connectivity index (χ1v) is 7.92. The van der Waals surface area contributed by atoms with E-state index in [-0.39, 0.29) is 10.6 Å².